The molecule has 2 aromatic heterocycles. The Morgan fingerprint density at radius 3 is 2.91 bits per heavy atom. The van der Waals surface area contributed by atoms with Gasteiger partial charge in [0, 0.05) is 32.4 Å². The SMILES string of the molecule is CC(C1C2CN(C(=O)CO)CC21)N(C)c1ncnc2[nH]ccc12. The average molecular weight is 315 g/mol. The highest BCUT2D eigenvalue weighted by Crippen LogP contribution is 2.54. The molecule has 4 rings (SSSR count). The van der Waals surface area contributed by atoms with E-state index < -0.39 is 0 Å². The van der Waals surface area contributed by atoms with Crippen molar-refractivity contribution >= 4 is 22.8 Å². The number of hydrogen-bond donors (Lipinski definition) is 2. The molecule has 3 heterocycles. The normalized spacial score (nSPS) is 27.1. The molecule has 7 nitrogen and oxygen atoms in total. The number of piperidine rings is 1. The largest absolute Gasteiger partial charge is 0.387 e. The number of fused-ring (bicyclic) bond motifs is 2. The van der Waals surface area contributed by atoms with Gasteiger partial charge in [0.25, 0.3) is 0 Å². The summed E-state index contributed by atoms with van der Waals surface area (Å²) in [7, 11) is 2.07. The van der Waals surface area contributed by atoms with E-state index >= 15 is 0 Å². The lowest BCUT2D eigenvalue weighted by molar-refractivity contribution is -0.133. The fraction of sp³-hybridized carbons (Fsp3) is 0.562. The molecule has 0 bridgehead atoms. The molecule has 1 amide bonds. The van der Waals surface area contributed by atoms with E-state index in [1.54, 1.807) is 11.2 Å². The van der Waals surface area contributed by atoms with Crippen molar-refractivity contribution in [3.05, 3.63) is 18.6 Å². The van der Waals surface area contributed by atoms with Crippen LogP contribution >= 0.6 is 0 Å². The molecular weight excluding hydrogens is 294 g/mol. The van der Waals surface area contributed by atoms with Crippen LogP contribution in [0, 0.1) is 17.8 Å². The molecule has 23 heavy (non-hydrogen) atoms. The van der Waals surface area contributed by atoms with E-state index in [0.717, 1.165) is 29.9 Å². The van der Waals surface area contributed by atoms with Gasteiger partial charge in [-0.25, -0.2) is 9.97 Å². The van der Waals surface area contributed by atoms with E-state index in [2.05, 4.69) is 33.8 Å². The van der Waals surface area contributed by atoms with E-state index in [-0.39, 0.29) is 12.5 Å². The lowest BCUT2D eigenvalue weighted by atomic mass is 10.1. The number of aliphatic hydroxyl groups excluding tert-OH is 1. The first-order valence-electron chi connectivity index (χ1n) is 8.01. The predicted molar refractivity (Wildman–Crippen MR) is 85.9 cm³/mol. The number of carbonyl (C=O) groups excluding carboxylic acids is 1. The van der Waals surface area contributed by atoms with Crippen molar-refractivity contribution in [3.63, 3.8) is 0 Å². The van der Waals surface area contributed by atoms with Crippen molar-refractivity contribution in [1.29, 1.82) is 0 Å². The molecule has 3 unspecified atom stereocenters. The monoisotopic (exact) mass is 315 g/mol. The van der Waals surface area contributed by atoms with E-state index in [9.17, 15) is 4.79 Å². The zero-order valence-electron chi connectivity index (χ0n) is 13.3. The number of anilines is 1. The number of aromatic amines is 1. The number of nitrogens with one attached hydrogen (secondary N) is 1. The topological polar surface area (TPSA) is 85.3 Å². The van der Waals surface area contributed by atoms with Gasteiger partial charge in [0.1, 0.15) is 24.4 Å². The zero-order chi connectivity index (χ0) is 16.1. The molecule has 1 aliphatic carbocycles. The van der Waals surface area contributed by atoms with E-state index in [1.807, 2.05) is 12.3 Å². The Labute approximate surface area is 134 Å². The minimum Gasteiger partial charge on any atom is -0.387 e. The van der Waals surface area contributed by atoms with Gasteiger partial charge in [-0.3, -0.25) is 4.79 Å². The van der Waals surface area contributed by atoms with Crippen LogP contribution in [0.15, 0.2) is 18.6 Å². The van der Waals surface area contributed by atoms with Crippen LogP contribution in [0.3, 0.4) is 0 Å². The van der Waals surface area contributed by atoms with Crippen molar-refractivity contribution in [2.75, 3.05) is 31.6 Å². The van der Waals surface area contributed by atoms with Crippen LogP contribution in [0.1, 0.15) is 6.92 Å². The summed E-state index contributed by atoms with van der Waals surface area (Å²) in [6.07, 6.45) is 3.47. The minimum absolute atomic E-state index is 0.151. The van der Waals surface area contributed by atoms with Crippen molar-refractivity contribution in [1.82, 2.24) is 19.9 Å². The van der Waals surface area contributed by atoms with Crippen molar-refractivity contribution in [3.8, 4) is 0 Å². The molecule has 2 aliphatic rings. The number of amides is 1. The number of aromatic nitrogens is 3. The van der Waals surface area contributed by atoms with Crippen LogP contribution in [0.4, 0.5) is 5.82 Å². The number of nitrogens with zero attached hydrogens (tertiary/aromatic N) is 4. The standard InChI is InChI=1S/C16H21N5O2/c1-9(14-11-5-21(6-12(11)14)13(23)7-22)20(2)16-10-3-4-17-15(10)18-8-19-16/h3-4,8-9,11-12,14,22H,5-7H2,1-2H3,(H,17,18,19). The number of likely N-dealkylation sites (tertiary alicyclic amines) is 1. The molecule has 2 aromatic rings. The molecular formula is C16H21N5O2. The van der Waals surface area contributed by atoms with E-state index in [4.69, 9.17) is 5.11 Å². The summed E-state index contributed by atoms with van der Waals surface area (Å²) in [5.74, 6) is 2.46. The molecule has 122 valence electrons. The second-order valence-corrected chi connectivity index (χ2v) is 6.65. The molecule has 0 radical (unpaired) electrons. The summed E-state index contributed by atoms with van der Waals surface area (Å²) in [6.45, 7) is 3.39. The van der Waals surface area contributed by atoms with Gasteiger partial charge in [0.2, 0.25) is 5.91 Å². The first kappa shape index (κ1) is 14.4. The van der Waals surface area contributed by atoms with Crippen molar-refractivity contribution in [2.24, 2.45) is 17.8 Å². The number of aliphatic hydroxyl groups is 1. The third-order valence-corrected chi connectivity index (χ3v) is 5.58. The maximum absolute atomic E-state index is 11.6. The van der Waals surface area contributed by atoms with Crippen LogP contribution in [0.5, 0.6) is 0 Å². The Balaban J connectivity index is 1.48. The molecule has 3 atom stereocenters. The number of rotatable bonds is 4. The maximum Gasteiger partial charge on any atom is 0.248 e. The second kappa shape index (κ2) is 5.19. The van der Waals surface area contributed by atoms with Gasteiger partial charge in [-0.05, 0) is 30.7 Å². The third-order valence-electron chi connectivity index (χ3n) is 5.58. The van der Waals surface area contributed by atoms with Crippen LogP contribution in [0.2, 0.25) is 0 Å². The highest BCUT2D eigenvalue weighted by atomic mass is 16.3. The second-order valence-electron chi connectivity index (χ2n) is 6.65. The van der Waals surface area contributed by atoms with Gasteiger partial charge in [-0.2, -0.15) is 0 Å². The Bertz CT molecular complexity index is 733. The van der Waals surface area contributed by atoms with Crippen molar-refractivity contribution in [2.45, 2.75) is 13.0 Å². The number of hydrogen-bond acceptors (Lipinski definition) is 5. The lowest BCUT2D eigenvalue weighted by Crippen LogP contribution is -2.38. The molecule has 2 N–H and O–H groups in total. The van der Waals surface area contributed by atoms with Crippen LogP contribution < -0.4 is 4.90 Å². The maximum atomic E-state index is 11.6. The minimum atomic E-state index is -0.383. The first-order chi connectivity index (χ1) is 11.1. The van der Waals surface area contributed by atoms with Gasteiger partial charge >= 0.3 is 0 Å². The van der Waals surface area contributed by atoms with Gasteiger partial charge in [-0.15, -0.1) is 0 Å². The number of H-pyrrole nitrogens is 1. The first-order valence-corrected chi connectivity index (χ1v) is 8.01. The molecule has 1 saturated carbocycles. The zero-order valence-corrected chi connectivity index (χ0v) is 13.3. The Hall–Kier alpha value is -2.15. The molecule has 0 aromatic carbocycles. The predicted octanol–water partition coefficient (Wildman–Crippen LogP) is 0.479. The number of carbonyl (C=O) groups is 1. The molecule has 0 spiro atoms. The summed E-state index contributed by atoms with van der Waals surface area (Å²) in [5, 5.41) is 10.0. The summed E-state index contributed by atoms with van der Waals surface area (Å²) >= 11 is 0. The molecule has 1 saturated heterocycles. The average Bonchev–Trinajstić information content (AvgIpc) is 2.97. The van der Waals surface area contributed by atoms with Crippen LogP contribution in [-0.2, 0) is 4.79 Å². The van der Waals surface area contributed by atoms with Crippen molar-refractivity contribution < 1.29 is 9.90 Å². The Morgan fingerprint density at radius 2 is 2.22 bits per heavy atom. The third kappa shape index (κ3) is 2.18. The van der Waals surface area contributed by atoms with E-state index in [1.165, 1.54) is 0 Å². The highest BCUT2D eigenvalue weighted by Gasteiger charge is 2.59. The fourth-order valence-electron chi connectivity index (χ4n) is 4.18. The Morgan fingerprint density at radius 1 is 1.48 bits per heavy atom. The lowest BCUT2D eigenvalue weighted by Gasteiger charge is -2.29. The summed E-state index contributed by atoms with van der Waals surface area (Å²) < 4.78 is 0. The Kier molecular flexibility index (Phi) is 3.26. The summed E-state index contributed by atoms with van der Waals surface area (Å²) in [6, 6.07) is 2.35. The van der Waals surface area contributed by atoms with Gasteiger partial charge in [0.15, 0.2) is 0 Å². The molecule has 1 aliphatic heterocycles. The van der Waals surface area contributed by atoms with Gasteiger partial charge in [0.05, 0.1) is 5.39 Å². The molecule has 7 heteroatoms. The van der Waals surface area contributed by atoms with Gasteiger partial charge < -0.3 is 19.9 Å². The smallest absolute Gasteiger partial charge is 0.248 e. The van der Waals surface area contributed by atoms with Gasteiger partial charge in [-0.1, -0.05) is 0 Å². The summed E-state index contributed by atoms with van der Waals surface area (Å²) in [4.78, 5) is 27.4. The summed E-state index contributed by atoms with van der Waals surface area (Å²) in [5.41, 5.74) is 0.852. The van der Waals surface area contributed by atoms with Crippen LogP contribution in [0.25, 0.3) is 11.0 Å². The van der Waals surface area contributed by atoms with E-state index in [0.29, 0.717) is 23.8 Å². The quantitative estimate of drug-likeness (QED) is 0.857. The van der Waals surface area contributed by atoms with Crippen LogP contribution in [-0.4, -0.2) is 63.7 Å². The molecule has 2 fully saturated rings. The fourth-order valence-corrected chi connectivity index (χ4v) is 4.18. The highest BCUT2D eigenvalue weighted by molar-refractivity contribution is 5.87.